The molecular formula is C19H17N5O2. The molecule has 0 aliphatic heterocycles. The van der Waals surface area contributed by atoms with E-state index in [4.69, 9.17) is 4.42 Å². The SMILES string of the molecule is Cc1ccccc1Cn1ccc(NC(=O)c2cc(-c3ccco3)[nH]n2)n1. The molecule has 3 heterocycles. The molecule has 0 fully saturated rings. The molecule has 7 heteroatoms. The van der Waals surface area contributed by atoms with Gasteiger partial charge in [0.15, 0.2) is 17.3 Å². The Morgan fingerprint density at radius 1 is 1.23 bits per heavy atom. The fourth-order valence-corrected chi connectivity index (χ4v) is 2.65. The second kappa shape index (κ2) is 6.72. The van der Waals surface area contributed by atoms with Crippen LogP contribution in [0.3, 0.4) is 0 Å². The van der Waals surface area contributed by atoms with Crippen LogP contribution in [0.4, 0.5) is 5.82 Å². The minimum atomic E-state index is -0.333. The van der Waals surface area contributed by atoms with Crippen molar-refractivity contribution in [1.82, 2.24) is 20.0 Å². The van der Waals surface area contributed by atoms with Crippen LogP contribution in [0.15, 0.2) is 65.4 Å². The molecule has 7 nitrogen and oxygen atoms in total. The van der Waals surface area contributed by atoms with Gasteiger partial charge < -0.3 is 9.73 Å². The van der Waals surface area contributed by atoms with E-state index in [0.717, 1.165) is 0 Å². The predicted molar refractivity (Wildman–Crippen MR) is 96.8 cm³/mol. The number of rotatable bonds is 5. The number of aromatic nitrogens is 4. The number of carbonyl (C=O) groups excluding carboxylic acids is 1. The lowest BCUT2D eigenvalue weighted by Crippen LogP contribution is -2.13. The number of carbonyl (C=O) groups is 1. The summed E-state index contributed by atoms with van der Waals surface area (Å²) in [5.74, 6) is 0.769. The number of benzene rings is 1. The van der Waals surface area contributed by atoms with E-state index < -0.39 is 0 Å². The summed E-state index contributed by atoms with van der Waals surface area (Å²) < 4.78 is 7.07. The van der Waals surface area contributed by atoms with Gasteiger partial charge in [-0.25, -0.2) is 0 Å². The van der Waals surface area contributed by atoms with Crippen LogP contribution in [0.5, 0.6) is 0 Å². The Labute approximate surface area is 149 Å². The average Bonchev–Trinajstić information content (AvgIpc) is 3.38. The van der Waals surface area contributed by atoms with Gasteiger partial charge in [0.05, 0.1) is 12.8 Å². The predicted octanol–water partition coefficient (Wildman–Crippen LogP) is 3.48. The highest BCUT2D eigenvalue weighted by Gasteiger charge is 2.14. The lowest BCUT2D eigenvalue weighted by atomic mass is 10.1. The number of nitrogens with zero attached hydrogens (tertiary/aromatic N) is 3. The Hall–Kier alpha value is -3.61. The first-order valence-electron chi connectivity index (χ1n) is 8.17. The van der Waals surface area contributed by atoms with E-state index in [-0.39, 0.29) is 11.6 Å². The first-order chi connectivity index (χ1) is 12.7. The summed E-state index contributed by atoms with van der Waals surface area (Å²) >= 11 is 0. The Morgan fingerprint density at radius 3 is 2.92 bits per heavy atom. The van der Waals surface area contributed by atoms with Gasteiger partial charge in [-0.15, -0.1) is 0 Å². The Bertz CT molecular complexity index is 1030. The highest BCUT2D eigenvalue weighted by atomic mass is 16.3. The maximum atomic E-state index is 12.3. The second-order valence-corrected chi connectivity index (χ2v) is 5.92. The highest BCUT2D eigenvalue weighted by molar-refractivity contribution is 6.02. The summed E-state index contributed by atoms with van der Waals surface area (Å²) in [4.78, 5) is 12.3. The molecule has 0 aliphatic carbocycles. The Kier molecular flexibility index (Phi) is 4.10. The minimum Gasteiger partial charge on any atom is -0.463 e. The van der Waals surface area contributed by atoms with Crippen LogP contribution >= 0.6 is 0 Å². The van der Waals surface area contributed by atoms with Gasteiger partial charge in [-0.1, -0.05) is 24.3 Å². The number of aromatic amines is 1. The molecule has 1 aromatic carbocycles. The number of H-pyrrole nitrogens is 1. The fraction of sp³-hybridized carbons (Fsp3) is 0.105. The normalized spacial score (nSPS) is 10.8. The van der Waals surface area contributed by atoms with Crippen molar-refractivity contribution in [1.29, 1.82) is 0 Å². The smallest absolute Gasteiger partial charge is 0.277 e. The van der Waals surface area contributed by atoms with Crippen molar-refractivity contribution in [3.05, 3.63) is 77.8 Å². The summed E-state index contributed by atoms with van der Waals surface area (Å²) in [5, 5.41) is 14.0. The monoisotopic (exact) mass is 347 g/mol. The second-order valence-electron chi connectivity index (χ2n) is 5.92. The largest absolute Gasteiger partial charge is 0.463 e. The van der Waals surface area contributed by atoms with E-state index in [1.165, 1.54) is 11.1 Å². The topological polar surface area (TPSA) is 88.7 Å². The summed E-state index contributed by atoms with van der Waals surface area (Å²) in [7, 11) is 0. The number of aryl methyl sites for hydroxylation is 1. The van der Waals surface area contributed by atoms with Crippen molar-refractivity contribution in [3.63, 3.8) is 0 Å². The van der Waals surface area contributed by atoms with Gasteiger partial charge in [-0.3, -0.25) is 14.6 Å². The van der Waals surface area contributed by atoms with Gasteiger partial charge in [-0.05, 0) is 30.2 Å². The molecule has 0 aliphatic rings. The molecule has 0 atom stereocenters. The molecule has 0 radical (unpaired) electrons. The maximum Gasteiger partial charge on any atom is 0.277 e. The molecule has 3 aromatic heterocycles. The van der Waals surface area contributed by atoms with Crippen LogP contribution in [0.1, 0.15) is 21.6 Å². The molecule has 0 saturated heterocycles. The van der Waals surface area contributed by atoms with E-state index >= 15 is 0 Å². The van der Waals surface area contributed by atoms with Crippen LogP contribution in [0, 0.1) is 6.92 Å². The molecule has 130 valence electrons. The minimum absolute atomic E-state index is 0.268. The summed E-state index contributed by atoms with van der Waals surface area (Å²) in [6.45, 7) is 2.71. The number of anilines is 1. The quantitative estimate of drug-likeness (QED) is 0.578. The molecule has 26 heavy (non-hydrogen) atoms. The van der Waals surface area contributed by atoms with Crippen molar-refractivity contribution < 1.29 is 9.21 Å². The average molecular weight is 347 g/mol. The first kappa shape index (κ1) is 15.9. The van der Waals surface area contributed by atoms with Gasteiger partial charge in [0.2, 0.25) is 0 Å². The number of nitrogens with one attached hydrogen (secondary N) is 2. The Balaban J connectivity index is 1.44. The number of hydrogen-bond acceptors (Lipinski definition) is 4. The zero-order valence-corrected chi connectivity index (χ0v) is 14.1. The lowest BCUT2D eigenvalue weighted by molar-refractivity contribution is 0.102. The highest BCUT2D eigenvalue weighted by Crippen LogP contribution is 2.18. The standard InChI is InChI=1S/C19H17N5O2/c1-13-5-2-3-6-14(13)12-24-9-8-18(23-24)20-19(25)16-11-15(21-22-16)17-7-4-10-26-17/h2-11H,12H2,1H3,(H,21,22)(H,20,23,25). The summed E-state index contributed by atoms with van der Waals surface area (Å²) in [6.07, 6.45) is 3.40. The number of furan rings is 1. The van der Waals surface area contributed by atoms with Gasteiger partial charge in [0.1, 0.15) is 5.69 Å². The van der Waals surface area contributed by atoms with Gasteiger partial charge in [-0.2, -0.15) is 10.2 Å². The van der Waals surface area contributed by atoms with Crippen LogP contribution in [-0.2, 0) is 6.54 Å². The van der Waals surface area contributed by atoms with Crippen molar-refractivity contribution in [2.24, 2.45) is 0 Å². The van der Waals surface area contributed by atoms with Gasteiger partial charge >= 0.3 is 0 Å². The number of amides is 1. The molecular weight excluding hydrogens is 330 g/mol. The molecule has 0 spiro atoms. The van der Waals surface area contributed by atoms with E-state index in [1.54, 1.807) is 35.2 Å². The van der Waals surface area contributed by atoms with Gasteiger partial charge in [0, 0.05) is 18.3 Å². The number of hydrogen-bond donors (Lipinski definition) is 2. The Morgan fingerprint density at radius 2 is 2.12 bits per heavy atom. The van der Waals surface area contributed by atoms with E-state index in [0.29, 0.717) is 23.8 Å². The molecule has 0 saturated carbocycles. The third kappa shape index (κ3) is 3.27. The third-order valence-corrected chi connectivity index (χ3v) is 4.07. The van der Waals surface area contributed by atoms with Crippen molar-refractivity contribution >= 4 is 11.7 Å². The maximum absolute atomic E-state index is 12.3. The summed E-state index contributed by atoms with van der Waals surface area (Å²) in [6, 6.07) is 15.1. The fourth-order valence-electron chi connectivity index (χ4n) is 2.65. The van der Waals surface area contributed by atoms with Crippen molar-refractivity contribution in [2.45, 2.75) is 13.5 Å². The molecule has 4 rings (SSSR count). The molecule has 0 bridgehead atoms. The van der Waals surface area contributed by atoms with Crippen LogP contribution in [-0.4, -0.2) is 25.9 Å². The van der Waals surface area contributed by atoms with Crippen LogP contribution < -0.4 is 5.32 Å². The lowest BCUT2D eigenvalue weighted by Gasteiger charge is -2.05. The first-order valence-corrected chi connectivity index (χ1v) is 8.17. The van der Waals surface area contributed by atoms with Crippen LogP contribution in [0.25, 0.3) is 11.5 Å². The van der Waals surface area contributed by atoms with E-state index in [2.05, 4.69) is 39.7 Å². The summed E-state index contributed by atoms with van der Waals surface area (Å²) in [5.41, 5.74) is 3.30. The molecule has 0 unspecified atom stereocenters. The molecule has 1 amide bonds. The van der Waals surface area contributed by atoms with Crippen molar-refractivity contribution in [2.75, 3.05) is 5.32 Å². The molecule has 2 N–H and O–H groups in total. The zero-order chi connectivity index (χ0) is 17.9. The third-order valence-electron chi connectivity index (χ3n) is 4.07. The zero-order valence-electron chi connectivity index (χ0n) is 14.1. The molecule has 4 aromatic rings. The van der Waals surface area contributed by atoms with E-state index in [9.17, 15) is 4.79 Å². The van der Waals surface area contributed by atoms with Crippen molar-refractivity contribution in [3.8, 4) is 11.5 Å². The van der Waals surface area contributed by atoms with Crippen LogP contribution in [0.2, 0.25) is 0 Å². The van der Waals surface area contributed by atoms with Gasteiger partial charge in [0.25, 0.3) is 5.91 Å². The van der Waals surface area contributed by atoms with E-state index in [1.807, 2.05) is 18.3 Å².